The van der Waals surface area contributed by atoms with Crippen LogP contribution in [0.5, 0.6) is 11.5 Å². The van der Waals surface area contributed by atoms with Crippen molar-refractivity contribution in [3.05, 3.63) is 118 Å². The summed E-state index contributed by atoms with van der Waals surface area (Å²) < 4.78 is 0. The van der Waals surface area contributed by atoms with E-state index in [0.29, 0.717) is 5.56 Å². The number of benzene rings is 4. The molecule has 1 fully saturated rings. The van der Waals surface area contributed by atoms with Gasteiger partial charge in [-0.2, -0.15) is 0 Å². The Morgan fingerprint density at radius 2 is 0.980 bits per heavy atom. The first kappa shape index (κ1) is 36.6. The van der Waals surface area contributed by atoms with Crippen molar-refractivity contribution in [2.75, 3.05) is 62.2 Å². The minimum Gasteiger partial charge on any atom is -0.508 e. The molecule has 0 radical (unpaired) electrons. The molecule has 0 bridgehead atoms. The van der Waals surface area contributed by atoms with Gasteiger partial charge in [-0.25, -0.2) is 0 Å². The average Bonchev–Trinajstić information content (AvgIpc) is 3.16. The lowest BCUT2D eigenvalue weighted by molar-refractivity contribution is 0.0533. The molecular formula is C41H46N4O6. The lowest BCUT2D eigenvalue weighted by Gasteiger charge is -2.35. The Labute approximate surface area is 299 Å². The van der Waals surface area contributed by atoms with Crippen LogP contribution in [0.4, 0.5) is 11.4 Å². The van der Waals surface area contributed by atoms with Crippen LogP contribution in [0.3, 0.4) is 0 Å². The first-order valence-electron chi connectivity index (χ1n) is 17.6. The first-order valence-corrected chi connectivity index (χ1v) is 17.6. The quantitative estimate of drug-likeness (QED) is 0.163. The van der Waals surface area contributed by atoms with Gasteiger partial charge < -0.3 is 29.8 Å². The van der Waals surface area contributed by atoms with E-state index in [1.807, 2.05) is 33.8 Å². The molecule has 2 N–H and O–H groups in total. The third-order valence-corrected chi connectivity index (χ3v) is 9.62. The van der Waals surface area contributed by atoms with Gasteiger partial charge in [0, 0.05) is 99.0 Å². The fourth-order valence-electron chi connectivity index (χ4n) is 6.63. The molecule has 0 aromatic heterocycles. The zero-order valence-electron chi connectivity index (χ0n) is 29.8. The number of rotatable bonds is 13. The van der Waals surface area contributed by atoms with Gasteiger partial charge in [-0.1, -0.05) is 42.5 Å². The number of ketones is 2. The van der Waals surface area contributed by atoms with Crippen molar-refractivity contribution in [2.45, 2.75) is 34.1 Å². The van der Waals surface area contributed by atoms with E-state index in [1.54, 1.807) is 88.7 Å². The third kappa shape index (κ3) is 7.90. The summed E-state index contributed by atoms with van der Waals surface area (Å²) >= 11 is 0. The molecule has 0 saturated carbocycles. The fraction of sp³-hybridized carbons (Fsp3) is 0.317. The number of hydrogen-bond donors (Lipinski definition) is 2. The van der Waals surface area contributed by atoms with E-state index < -0.39 is 5.78 Å². The second kappa shape index (κ2) is 16.4. The van der Waals surface area contributed by atoms with E-state index >= 15 is 0 Å². The van der Waals surface area contributed by atoms with Crippen LogP contribution in [0.2, 0.25) is 0 Å². The van der Waals surface area contributed by atoms with Crippen LogP contribution in [0, 0.1) is 0 Å². The number of aromatic hydroxyl groups is 2. The SMILES string of the molecule is CCN(CC)c1ccc(CC(=O)c2ccccc2C(=O)N2CCN(C(=O)c3ccccc3C(=O)c3ccc(N(CC)CC)cc3O)CC2)c(O)c1. The van der Waals surface area contributed by atoms with E-state index in [9.17, 15) is 29.4 Å². The Kier molecular flexibility index (Phi) is 11.8. The molecule has 10 nitrogen and oxygen atoms in total. The number of carbonyl (C=O) groups is 4. The number of phenols is 2. The van der Waals surface area contributed by atoms with E-state index in [4.69, 9.17) is 0 Å². The Bertz CT molecular complexity index is 1910. The molecule has 2 amide bonds. The standard InChI is InChI=1S/C41H46N4O6/c1-5-42(6-2)29-18-17-28(36(46)26-29)25-37(47)31-13-9-11-15-33(31)40(50)44-21-23-45(24-22-44)41(51)34-16-12-10-14-32(34)39(49)35-20-19-30(27-38(35)48)43(7-3)8-4/h9-20,26-27,46,48H,5-8,21-25H2,1-4H3. The van der Waals surface area contributed by atoms with E-state index in [0.717, 1.165) is 37.6 Å². The Balaban J connectivity index is 1.27. The summed E-state index contributed by atoms with van der Waals surface area (Å²) in [6, 6.07) is 23.5. The highest BCUT2D eigenvalue weighted by Gasteiger charge is 2.30. The highest BCUT2D eigenvalue weighted by molar-refractivity contribution is 6.16. The summed E-state index contributed by atoms with van der Waals surface area (Å²) in [5.41, 5.74) is 3.22. The van der Waals surface area contributed by atoms with Crippen molar-refractivity contribution >= 4 is 34.8 Å². The maximum atomic E-state index is 13.8. The molecule has 0 atom stereocenters. The zero-order chi connectivity index (χ0) is 36.7. The summed E-state index contributed by atoms with van der Waals surface area (Å²) in [6.07, 6.45) is -0.0626. The molecule has 0 aliphatic carbocycles. The van der Waals surface area contributed by atoms with Crippen LogP contribution in [0.15, 0.2) is 84.9 Å². The van der Waals surface area contributed by atoms with Crippen molar-refractivity contribution in [3.8, 4) is 11.5 Å². The third-order valence-electron chi connectivity index (χ3n) is 9.62. The normalized spacial score (nSPS) is 12.8. The van der Waals surface area contributed by atoms with E-state index in [2.05, 4.69) is 9.80 Å². The molecule has 1 heterocycles. The maximum Gasteiger partial charge on any atom is 0.254 e. The number of Topliss-reactive ketones (excluding diaryl/α,β-unsaturated/α-hetero) is 1. The van der Waals surface area contributed by atoms with Gasteiger partial charge in [0.15, 0.2) is 11.6 Å². The second-order valence-corrected chi connectivity index (χ2v) is 12.5. The predicted octanol–water partition coefficient (Wildman–Crippen LogP) is 6.04. The number of phenolic OH excluding ortho intramolecular Hbond substituents is 2. The van der Waals surface area contributed by atoms with Gasteiger partial charge >= 0.3 is 0 Å². The van der Waals surface area contributed by atoms with Crippen LogP contribution in [0.1, 0.15) is 80.3 Å². The fourth-order valence-corrected chi connectivity index (χ4v) is 6.63. The lowest BCUT2D eigenvalue weighted by atomic mass is 9.96. The highest BCUT2D eigenvalue weighted by atomic mass is 16.3. The summed E-state index contributed by atoms with van der Waals surface area (Å²) in [7, 11) is 0. The maximum absolute atomic E-state index is 13.8. The summed E-state index contributed by atoms with van der Waals surface area (Å²) in [4.78, 5) is 62.1. The molecule has 1 aliphatic rings. The van der Waals surface area contributed by atoms with Gasteiger partial charge in [-0.05, 0) is 58.0 Å². The van der Waals surface area contributed by atoms with Gasteiger partial charge in [0.2, 0.25) is 0 Å². The van der Waals surface area contributed by atoms with Gasteiger partial charge in [0.05, 0.1) is 16.7 Å². The van der Waals surface area contributed by atoms with Gasteiger partial charge in [0.25, 0.3) is 11.8 Å². The van der Waals surface area contributed by atoms with Crippen LogP contribution in [0.25, 0.3) is 0 Å². The molecule has 4 aromatic carbocycles. The number of piperazine rings is 1. The monoisotopic (exact) mass is 690 g/mol. The first-order chi connectivity index (χ1) is 24.6. The van der Waals surface area contributed by atoms with Crippen LogP contribution >= 0.6 is 0 Å². The highest BCUT2D eigenvalue weighted by Crippen LogP contribution is 2.29. The van der Waals surface area contributed by atoms with E-state index in [1.165, 1.54) is 0 Å². The van der Waals surface area contributed by atoms with Crippen molar-refractivity contribution < 1.29 is 29.4 Å². The number of amides is 2. The van der Waals surface area contributed by atoms with Gasteiger partial charge in [0.1, 0.15) is 11.5 Å². The smallest absolute Gasteiger partial charge is 0.254 e. The molecular weight excluding hydrogens is 644 g/mol. The zero-order valence-corrected chi connectivity index (χ0v) is 29.8. The molecule has 0 spiro atoms. The number of nitrogens with zero attached hydrogens (tertiary/aromatic N) is 4. The van der Waals surface area contributed by atoms with Crippen molar-refractivity contribution in [1.82, 2.24) is 9.80 Å². The molecule has 0 unspecified atom stereocenters. The summed E-state index contributed by atoms with van der Waals surface area (Å²) in [6.45, 7) is 12.1. The van der Waals surface area contributed by atoms with Crippen molar-refractivity contribution in [2.24, 2.45) is 0 Å². The summed E-state index contributed by atoms with van der Waals surface area (Å²) in [5.74, 6) is -1.51. The molecule has 51 heavy (non-hydrogen) atoms. The summed E-state index contributed by atoms with van der Waals surface area (Å²) in [5, 5.41) is 21.5. The van der Waals surface area contributed by atoms with Crippen molar-refractivity contribution in [1.29, 1.82) is 0 Å². The molecule has 5 rings (SSSR count). The van der Waals surface area contributed by atoms with E-state index in [-0.39, 0.29) is 89.5 Å². The lowest BCUT2D eigenvalue weighted by Crippen LogP contribution is -2.51. The predicted molar refractivity (Wildman–Crippen MR) is 199 cm³/mol. The Hall–Kier alpha value is -5.64. The minimum atomic E-state index is -0.453. The topological polar surface area (TPSA) is 122 Å². The largest absolute Gasteiger partial charge is 0.508 e. The molecule has 1 saturated heterocycles. The number of anilines is 2. The van der Waals surface area contributed by atoms with Crippen LogP contribution in [-0.4, -0.2) is 95.8 Å². The molecule has 1 aliphatic heterocycles. The number of carbonyl (C=O) groups excluding carboxylic acids is 4. The Morgan fingerprint density at radius 1 is 0.549 bits per heavy atom. The Morgan fingerprint density at radius 3 is 1.45 bits per heavy atom. The molecule has 4 aromatic rings. The molecule has 10 heteroatoms. The van der Waals surface area contributed by atoms with Crippen LogP contribution in [-0.2, 0) is 6.42 Å². The number of hydrogen-bond acceptors (Lipinski definition) is 8. The minimum absolute atomic E-state index is 0.0330. The second-order valence-electron chi connectivity index (χ2n) is 12.5. The average molecular weight is 691 g/mol. The van der Waals surface area contributed by atoms with Crippen molar-refractivity contribution in [3.63, 3.8) is 0 Å². The van der Waals surface area contributed by atoms with Crippen LogP contribution < -0.4 is 9.80 Å². The van der Waals surface area contributed by atoms with Gasteiger partial charge in [-0.3, -0.25) is 19.2 Å². The van der Waals surface area contributed by atoms with Gasteiger partial charge in [-0.15, -0.1) is 0 Å². The molecule has 266 valence electrons.